The van der Waals surface area contributed by atoms with E-state index in [-0.39, 0.29) is 18.1 Å². The minimum Gasteiger partial charge on any atom is -0.482 e. The summed E-state index contributed by atoms with van der Waals surface area (Å²) < 4.78 is 17.4. The van der Waals surface area contributed by atoms with Gasteiger partial charge in [0.2, 0.25) is 6.10 Å². The predicted molar refractivity (Wildman–Crippen MR) is 95.0 cm³/mol. The van der Waals surface area contributed by atoms with Crippen molar-refractivity contribution in [1.82, 2.24) is 10.2 Å². The molecule has 1 fully saturated rings. The molecule has 2 aliphatic rings. The van der Waals surface area contributed by atoms with E-state index < -0.39 is 6.10 Å². The number of hydrogen-bond donors (Lipinski definition) is 1. The second-order valence-corrected chi connectivity index (χ2v) is 7.20. The number of carbonyl (C=O) groups excluding carboxylic acids is 1. The quantitative estimate of drug-likeness (QED) is 0.877. The first-order valence-electron chi connectivity index (χ1n) is 9.07. The third-order valence-corrected chi connectivity index (χ3v) is 4.45. The van der Waals surface area contributed by atoms with E-state index in [2.05, 4.69) is 24.1 Å². The lowest BCUT2D eigenvalue weighted by molar-refractivity contribution is -0.134. The molecular weight excluding hydrogens is 320 g/mol. The van der Waals surface area contributed by atoms with Crippen molar-refractivity contribution < 1.29 is 19.0 Å². The van der Waals surface area contributed by atoms with Crippen molar-refractivity contribution >= 4 is 5.91 Å². The topological polar surface area (TPSA) is 60.0 Å². The summed E-state index contributed by atoms with van der Waals surface area (Å²) in [6.45, 7) is 10.3. The average molecular weight is 348 g/mol. The van der Waals surface area contributed by atoms with Crippen LogP contribution in [0.2, 0.25) is 0 Å². The maximum absolute atomic E-state index is 12.5. The van der Waals surface area contributed by atoms with Gasteiger partial charge in [-0.25, -0.2) is 0 Å². The van der Waals surface area contributed by atoms with E-state index in [0.717, 1.165) is 19.6 Å². The summed E-state index contributed by atoms with van der Waals surface area (Å²) in [6, 6.07) is 7.42. The molecular formula is C19H28N2O4. The summed E-state index contributed by atoms with van der Waals surface area (Å²) in [6.07, 6.45) is -0.964. The van der Waals surface area contributed by atoms with E-state index in [1.54, 1.807) is 0 Å². The van der Waals surface area contributed by atoms with Crippen LogP contribution >= 0.6 is 0 Å². The minimum absolute atomic E-state index is 0.0172. The Morgan fingerprint density at radius 3 is 2.72 bits per heavy atom. The molecule has 0 aliphatic carbocycles. The average Bonchev–Trinajstić information content (AvgIpc) is 2.59. The number of fused-ring (bicyclic) bond motifs is 1. The molecule has 0 spiro atoms. The molecule has 25 heavy (non-hydrogen) atoms. The first-order valence-corrected chi connectivity index (χ1v) is 9.07. The Balaban J connectivity index is 1.51. The largest absolute Gasteiger partial charge is 0.482 e. The van der Waals surface area contributed by atoms with Crippen molar-refractivity contribution in [3.05, 3.63) is 24.3 Å². The molecule has 0 radical (unpaired) electrons. The highest BCUT2D eigenvalue weighted by molar-refractivity contribution is 5.82. The fraction of sp³-hybridized carbons (Fsp3) is 0.632. The van der Waals surface area contributed by atoms with Crippen LogP contribution in [-0.4, -0.2) is 61.9 Å². The molecule has 2 aliphatic heterocycles. The Kier molecular flexibility index (Phi) is 5.81. The zero-order valence-corrected chi connectivity index (χ0v) is 15.2. The molecule has 0 unspecified atom stereocenters. The van der Waals surface area contributed by atoms with Crippen LogP contribution in [0, 0.1) is 5.92 Å². The molecule has 1 aromatic rings. The van der Waals surface area contributed by atoms with Crippen LogP contribution in [0.15, 0.2) is 24.3 Å². The van der Waals surface area contributed by atoms with E-state index >= 15 is 0 Å². The molecule has 2 heterocycles. The second kappa shape index (κ2) is 8.06. The zero-order chi connectivity index (χ0) is 17.8. The van der Waals surface area contributed by atoms with Gasteiger partial charge in [-0.1, -0.05) is 26.0 Å². The Morgan fingerprint density at radius 1 is 1.28 bits per heavy atom. The number of rotatable bonds is 5. The second-order valence-electron chi connectivity index (χ2n) is 7.20. The van der Waals surface area contributed by atoms with Gasteiger partial charge < -0.3 is 19.5 Å². The number of benzene rings is 1. The highest BCUT2D eigenvalue weighted by atomic mass is 16.6. The number of amides is 1. The highest BCUT2D eigenvalue weighted by Crippen LogP contribution is 2.33. The SMILES string of the molecule is CC(C)CN1CCO[C@H](CNC(=O)[C@H]2Oc3ccccc3O[C@@H]2C)C1. The Hall–Kier alpha value is -1.79. The molecule has 1 aromatic carbocycles. The van der Waals surface area contributed by atoms with Gasteiger partial charge in [-0.2, -0.15) is 0 Å². The van der Waals surface area contributed by atoms with Gasteiger partial charge in [0.15, 0.2) is 11.5 Å². The normalized spacial score (nSPS) is 26.5. The monoisotopic (exact) mass is 348 g/mol. The standard InChI is InChI=1S/C19H28N2O4/c1-13(2)11-21-8-9-23-15(12-21)10-20-19(22)18-14(3)24-16-6-4-5-7-17(16)25-18/h4-7,13-15,18H,8-12H2,1-3H3,(H,20,22)/t14-,15-,18+/m1/s1. The summed E-state index contributed by atoms with van der Waals surface area (Å²) >= 11 is 0. The van der Waals surface area contributed by atoms with Gasteiger partial charge >= 0.3 is 0 Å². The molecule has 0 bridgehead atoms. The van der Waals surface area contributed by atoms with Gasteiger partial charge in [0.25, 0.3) is 5.91 Å². The van der Waals surface area contributed by atoms with E-state index in [9.17, 15) is 4.79 Å². The minimum atomic E-state index is -0.648. The Morgan fingerprint density at radius 2 is 2.00 bits per heavy atom. The molecule has 0 saturated carbocycles. The summed E-state index contributed by atoms with van der Waals surface area (Å²) in [5.41, 5.74) is 0. The summed E-state index contributed by atoms with van der Waals surface area (Å²) in [5.74, 6) is 1.75. The lowest BCUT2D eigenvalue weighted by atomic mass is 10.1. The van der Waals surface area contributed by atoms with Crippen molar-refractivity contribution in [2.75, 3.05) is 32.8 Å². The van der Waals surface area contributed by atoms with Crippen LogP contribution in [-0.2, 0) is 9.53 Å². The van der Waals surface area contributed by atoms with Gasteiger partial charge in [-0.15, -0.1) is 0 Å². The number of carbonyl (C=O) groups is 1. The highest BCUT2D eigenvalue weighted by Gasteiger charge is 2.34. The van der Waals surface area contributed by atoms with Gasteiger partial charge in [0, 0.05) is 26.2 Å². The molecule has 138 valence electrons. The van der Waals surface area contributed by atoms with Crippen molar-refractivity contribution in [3.8, 4) is 11.5 Å². The van der Waals surface area contributed by atoms with E-state index in [1.165, 1.54) is 0 Å². The van der Waals surface area contributed by atoms with Crippen molar-refractivity contribution in [3.63, 3.8) is 0 Å². The number of ether oxygens (including phenoxy) is 3. The molecule has 1 N–H and O–H groups in total. The number of morpholine rings is 1. The zero-order valence-electron chi connectivity index (χ0n) is 15.2. The van der Waals surface area contributed by atoms with Gasteiger partial charge in [-0.3, -0.25) is 9.69 Å². The molecule has 6 heteroatoms. The summed E-state index contributed by atoms with van der Waals surface area (Å²) in [5, 5.41) is 2.96. The molecule has 3 atom stereocenters. The number of para-hydroxylation sites is 2. The van der Waals surface area contributed by atoms with E-state index in [1.807, 2.05) is 31.2 Å². The van der Waals surface area contributed by atoms with Gasteiger partial charge in [-0.05, 0) is 25.0 Å². The lowest BCUT2D eigenvalue weighted by Crippen LogP contribution is -2.53. The van der Waals surface area contributed by atoms with Gasteiger partial charge in [0.1, 0.15) is 6.10 Å². The van der Waals surface area contributed by atoms with Crippen LogP contribution in [0.4, 0.5) is 0 Å². The number of nitrogens with one attached hydrogen (secondary N) is 1. The maximum atomic E-state index is 12.5. The molecule has 0 aromatic heterocycles. The number of nitrogens with zero attached hydrogens (tertiary/aromatic N) is 1. The van der Waals surface area contributed by atoms with Crippen molar-refractivity contribution in [1.29, 1.82) is 0 Å². The smallest absolute Gasteiger partial charge is 0.265 e. The van der Waals surface area contributed by atoms with Crippen LogP contribution in [0.3, 0.4) is 0 Å². The lowest BCUT2D eigenvalue weighted by Gasteiger charge is -2.35. The van der Waals surface area contributed by atoms with Gasteiger partial charge in [0.05, 0.1) is 12.7 Å². The molecule has 1 amide bonds. The Labute approximate surface area is 149 Å². The first-order chi connectivity index (χ1) is 12.0. The third-order valence-electron chi connectivity index (χ3n) is 4.45. The maximum Gasteiger partial charge on any atom is 0.265 e. The first kappa shape index (κ1) is 18.0. The Bertz CT molecular complexity index is 593. The van der Waals surface area contributed by atoms with Crippen molar-refractivity contribution in [2.45, 2.75) is 39.1 Å². The van der Waals surface area contributed by atoms with Crippen LogP contribution in [0.25, 0.3) is 0 Å². The molecule has 6 nitrogen and oxygen atoms in total. The predicted octanol–water partition coefficient (Wildman–Crippen LogP) is 1.69. The summed E-state index contributed by atoms with van der Waals surface area (Å²) in [4.78, 5) is 14.9. The van der Waals surface area contributed by atoms with Crippen LogP contribution in [0.1, 0.15) is 20.8 Å². The fourth-order valence-corrected chi connectivity index (χ4v) is 3.31. The molecule has 3 rings (SSSR count). The number of hydrogen-bond acceptors (Lipinski definition) is 5. The van der Waals surface area contributed by atoms with Crippen molar-refractivity contribution in [2.24, 2.45) is 5.92 Å². The van der Waals surface area contributed by atoms with E-state index in [4.69, 9.17) is 14.2 Å². The fourth-order valence-electron chi connectivity index (χ4n) is 3.31. The van der Waals surface area contributed by atoms with Crippen LogP contribution < -0.4 is 14.8 Å². The third kappa shape index (κ3) is 4.64. The summed E-state index contributed by atoms with van der Waals surface area (Å²) in [7, 11) is 0. The molecule has 1 saturated heterocycles. The van der Waals surface area contributed by atoms with Crippen LogP contribution in [0.5, 0.6) is 11.5 Å². The van der Waals surface area contributed by atoms with E-state index in [0.29, 0.717) is 30.6 Å².